The van der Waals surface area contributed by atoms with E-state index < -0.39 is 0 Å². The molecule has 0 radical (unpaired) electrons. The topological polar surface area (TPSA) is 55.1 Å². The largest absolute Gasteiger partial charge is 0.352 e. The molecule has 0 aromatic carbocycles. The lowest BCUT2D eigenvalue weighted by molar-refractivity contribution is -0.119. The maximum Gasteiger partial charge on any atom is 0.217 e. The standard InChI is InChI=1S/C5H10N2O/c1-3(8)7-5-2-4(5)6/h4-5H,2,6H2,1H3,(H,7,8)/t4-,5+/m1/s1. The average molecular weight is 114 g/mol. The van der Waals surface area contributed by atoms with E-state index in [1.807, 2.05) is 0 Å². The molecule has 0 aromatic rings. The maximum atomic E-state index is 10.3. The SMILES string of the molecule is CC(=O)N[C@H]1C[C@H]1N. The van der Waals surface area contributed by atoms with Crippen molar-refractivity contribution >= 4 is 5.91 Å². The van der Waals surface area contributed by atoms with Crippen LogP contribution >= 0.6 is 0 Å². The highest BCUT2D eigenvalue weighted by Crippen LogP contribution is 2.16. The highest BCUT2D eigenvalue weighted by Gasteiger charge is 2.33. The third-order valence-corrected chi connectivity index (χ3v) is 1.23. The zero-order chi connectivity index (χ0) is 6.15. The molecule has 1 aliphatic carbocycles. The lowest BCUT2D eigenvalue weighted by atomic mass is 10.6. The van der Waals surface area contributed by atoms with Gasteiger partial charge in [-0.15, -0.1) is 0 Å². The van der Waals surface area contributed by atoms with E-state index in [1.165, 1.54) is 6.92 Å². The Morgan fingerprint density at radius 2 is 2.38 bits per heavy atom. The van der Waals surface area contributed by atoms with Crippen molar-refractivity contribution in [2.24, 2.45) is 5.73 Å². The maximum absolute atomic E-state index is 10.3. The van der Waals surface area contributed by atoms with Crippen molar-refractivity contribution in [3.8, 4) is 0 Å². The van der Waals surface area contributed by atoms with Gasteiger partial charge in [0.2, 0.25) is 5.91 Å². The number of hydrogen-bond donors (Lipinski definition) is 2. The number of amides is 1. The van der Waals surface area contributed by atoms with Gasteiger partial charge in [0, 0.05) is 19.0 Å². The number of hydrogen-bond acceptors (Lipinski definition) is 2. The molecule has 0 aliphatic heterocycles. The molecule has 0 heterocycles. The molecule has 3 nitrogen and oxygen atoms in total. The average Bonchev–Trinajstić information content (AvgIpc) is 2.17. The fraction of sp³-hybridized carbons (Fsp3) is 0.800. The van der Waals surface area contributed by atoms with Crippen LogP contribution in [0.15, 0.2) is 0 Å². The Morgan fingerprint density at radius 1 is 1.88 bits per heavy atom. The second-order valence-corrected chi connectivity index (χ2v) is 2.21. The van der Waals surface area contributed by atoms with Crippen molar-refractivity contribution in [1.82, 2.24) is 5.32 Å². The molecule has 3 N–H and O–H groups in total. The minimum absolute atomic E-state index is 0.0166. The van der Waals surface area contributed by atoms with E-state index in [9.17, 15) is 4.79 Å². The lowest BCUT2D eigenvalue weighted by Crippen LogP contribution is -2.26. The van der Waals surface area contributed by atoms with Crippen LogP contribution in [0.5, 0.6) is 0 Å². The Bertz CT molecular complexity index is 113. The number of carbonyl (C=O) groups is 1. The first kappa shape index (κ1) is 5.56. The molecule has 1 aliphatic rings. The summed E-state index contributed by atoms with van der Waals surface area (Å²) in [6, 6.07) is 0.492. The normalized spacial score (nSPS) is 34.2. The Kier molecular flexibility index (Phi) is 1.21. The summed E-state index contributed by atoms with van der Waals surface area (Å²) >= 11 is 0. The van der Waals surface area contributed by atoms with E-state index in [4.69, 9.17) is 5.73 Å². The van der Waals surface area contributed by atoms with Crippen LogP contribution in [0, 0.1) is 0 Å². The molecule has 0 saturated heterocycles. The monoisotopic (exact) mass is 114 g/mol. The van der Waals surface area contributed by atoms with Crippen molar-refractivity contribution in [1.29, 1.82) is 0 Å². The number of rotatable bonds is 1. The van der Waals surface area contributed by atoms with Crippen molar-refractivity contribution < 1.29 is 4.79 Å². The zero-order valence-corrected chi connectivity index (χ0v) is 4.85. The lowest BCUT2D eigenvalue weighted by Gasteiger charge is -1.94. The number of carbonyl (C=O) groups excluding carboxylic acids is 1. The van der Waals surface area contributed by atoms with E-state index >= 15 is 0 Å². The Morgan fingerprint density at radius 3 is 2.50 bits per heavy atom. The minimum Gasteiger partial charge on any atom is -0.352 e. The molecule has 8 heavy (non-hydrogen) atoms. The molecule has 1 saturated carbocycles. The molecule has 2 atom stereocenters. The van der Waals surface area contributed by atoms with Gasteiger partial charge in [-0.05, 0) is 6.42 Å². The van der Waals surface area contributed by atoms with Crippen LogP contribution in [-0.4, -0.2) is 18.0 Å². The summed E-state index contributed by atoms with van der Waals surface area (Å²) in [6.07, 6.45) is 0.944. The highest BCUT2D eigenvalue weighted by molar-refractivity contribution is 5.73. The van der Waals surface area contributed by atoms with E-state index in [1.54, 1.807) is 0 Å². The molecular formula is C5H10N2O. The Labute approximate surface area is 48.2 Å². The quantitative estimate of drug-likeness (QED) is 0.470. The predicted octanol–water partition coefficient (Wildman–Crippen LogP) is -0.778. The first-order chi connectivity index (χ1) is 3.70. The molecule has 1 fully saturated rings. The van der Waals surface area contributed by atoms with Gasteiger partial charge in [0.15, 0.2) is 0 Å². The third-order valence-electron chi connectivity index (χ3n) is 1.23. The van der Waals surface area contributed by atoms with E-state index in [0.717, 1.165) is 6.42 Å². The molecule has 1 rings (SSSR count). The van der Waals surface area contributed by atoms with Crippen LogP contribution in [0.2, 0.25) is 0 Å². The summed E-state index contributed by atoms with van der Waals surface area (Å²) in [5.41, 5.74) is 5.40. The van der Waals surface area contributed by atoms with Gasteiger partial charge in [-0.2, -0.15) is 0 Å². The van der Waals surface area contributed by atoms with Crippen LogP contribution in [0.3, 0.4) is 0 Å². The van der Waals surface area contributed by atoms with Crippen molar-refractivity contribution in [3.05, 3.63) is 0 Å². The van der Waals surface area contributed by atoms with E-state index in [0.29, 0.717) is 0 Å². The van der Waals surface area contributed by atoms with Gasteiger partial charge in [-0.1, -0.05) is 0 Å². The molecular weight excluding hydrogens is 104 g/mol. The summed E-state index contributed by atoms with van der Waals surface area (Å²) in [4.78, 5) is 10.3. The molecule has 0 bridgehead atoms. The number of nitrogens with one attached hydrogen (secondary N) is 1. The fourth-order valence-corrected chi connectivity index (χ4v) is 0.642. The smallest absolute Gasteiger partial charge is 0.217 e. The third kappa shape index (κ3) is 1.20. The highest BCUT2D eigenvalue weighted by atomic mass is 16.1. The van der Waals surface area contributed by atoms with Crippen LogP contribution < -0.4 is 11.1 Å². The summed E-state index contributed by atoms with van der Waals surface area (Å²) in [5, 5.41) is 2.70. The van der Waals surface area contributed by atoms with Gasteiger partial charge in [0.1, 0.15) is 0 Å². The number of nitrogens with two attached hydrogens (primary N) is 1. The van der Waals surface area contributed by atoms with Crippen molar-refractivity contribution in [3.63, 3.8) is 0 Å². The van der Waals surface area contributed by atoms with Gasteiger partial charge in [0.25, 0.3) is 0 Å². The van der Waals surface area contributed by atoms with Crippen molar-refractivity contribution in [2.45, 2.75) is 25.4 Å². The van der Waals surface area contributed by atoms with Crippen LogP contribution in [0.4, 0.5) is 0 Å². The van der Waals surface area contributed by atoms with E-state index in [-0.39, 0.29) is 18.0 Å². The predicted molar refractivity (Wildman–Crippen MR) is 30.2 cm³/mol. The zero-order valence-electron chi connectivity index (χ0n) is 4.85. The minimum atomic E-state index is 0.0166. The molecule has 0 spiro atoms. The van der Waals surface area contributed by atoms with Crippen LogP contribution in [0.25, 0.3) is 0 Å². The van der Waals surface area contributed by atoms with Gasteiger partial charge in [0.05, 0.1) is 0 Å². The summed E-state index contributed by atoms with van der Waals surface area (Å²) in [5.74, 6) is 0.0166. The molecule has 1 amide bonds. The molecule has 46 valence electrons. The van der Waals surface area contributed by atoms with Gasteiger partial charge in [-0.3, -0.25) is 4.79 Å². The Balaban J connectivity index is 2.14. The summed E-state index contributed by atoms with van der Waals surface area (Å²) < 4.78 is 0. The molecule has 0 unspecified atom stereocenters. The fourth-order valence-electron chi connectivity index (χ4n) is 0.642. The second-order valence-electron chi connectivity index (χ2n) is 2.21. The first-order valence-electron chi connectivity index (χ1n) is 2.73. The Hall–Kier alpha value is -0.570. The summed E-state index contributed by atoms with van der Waals surface area (Å²) in [7, 11) is 0. The van der Waals surface area contributed by atoms with Crippen LogP contribution in [0.1, 0.15) is 13.3 Å². The van der Waals surface area contributed by atoms with Gasteiger partial charge < -0.3 is 11.1 Å². The van der Waals surface area contributed by atoms with E-state index in [2.05, 4.69) is 5.32 Å². The van der Waals surface area contributed by atoms with Crippen LogP contribution in [-0.2, 0) is 4.79 Å². The first-order valence-corrected chi connectivity index (χ1v) is 2.73. The summed E-state index contributed by atoms with van der Waals surface area (Å²) in [6.45, 7) is 1.50. The van der Waals surface area contributed by atoms with Gasteiger partial charge in [-0.25, -0.2) is 0 Å². The van der Waals surface area contributed by atoms with Gasteiger partial charge >= 0.3 is 0 Å². The molecule has 3 heteroatoms. The second kappa shape index (κ2) is 1.74. The molecule has 0 aromatic heterocycles. The van der Waals surface area contributed by atoms with Crippen molar-refractivity contribution in [2.75, 3.05) is 0 Å².